The van der Waals surface area contributed by atoms with E-state index in [1.165, 1.54) is 33.9 Å². The number of para-hydroxylation sites is 2. The number of allylic oxidation sites excluding steroid dienone is 4. The topological polar surface area (TPSA) is 70.2 Å². The molecule has 358 valence electrons. The van der Waals surface area contributed by atoms with Gasteiger partial charge in [0.15, 0.2) is 12.3 Å². The average molecular weight is 954 g/mol. The van der Waals surface area contributed by atoms with E-state index in [-0.39, 0.29) is 35.3 Å². The number of benzene rings is 5. The number of hydrogen-bond acceptors (Lipinski definition) is 7. The fraction of sp³-hybridized carbons (Fsp3) is 0.379. The highest BCUT2D eigenvalue weighted by molar-refractivity contribution is 7.44. The van der Waals surface area contributed by atoms with Gasteiger partial charge in [-0.25, -0.2) is 4.67 Å². The highest BCUT2D eigenvalue weighted by atomic mass is 35.5. The Morgan fingerprint density at radius 3 is 1.90 bits per heavy atom. The Hall–Kier alpha value is -5.10. The van der Waals surface area contributed by atoms with Gasteiger partial charge in [-0.1, -0.05) is 129 Å². The van der Waals surface area contributed by atoms with E-state index in [9.17, 15) is 5.26 Å². The second-order valence-electron chi connectivity index (χ2n) is 19.0. The molecule has 10 heteroatoms. The van der Waals surface area contributed by atoms with Gasteiger partial charge in [0, 0.05) is 59.6 Å². The second-order valence-corrected chi connectivity index (χ2v) is 20.4. The molecule has 0 aliphatic carbocycles. The lowest BCUT2D eigenvalue weighted by Gasteiger charge is -2.36. The predicted molar refractivity (Wildman–Crippen MR) is 275 cm³/mol. The molecule has 1 atom stereocenters. The summed E-state index contributed by atoms with van der Waals surface area (Å²) < 4.78 is 30.4. The van der Waals surface area contributed by atoms with Crippen LogP contribution in [0, 0.1) is 11.3 Å². The standard InChI is InChI=1S/C58H70N4O4P.ClH/c1-44(2)62(45(3)4)67(65-42-21-38-59)66-43-23-40-61-53-31-19-17-29-51(53)57(7,8)55(61)33-20-32-54-56(5,6)50-28-16-18-30-52(50)60(54)39-22-41-64-58(46-24-12-10-13-25-46,47-26-14-11-15-27-47)48-34-36-49(63-9)37-35-48;/h10-20,24-37,44-45H,21-23,39-43H2,1-9H3;1H/q+1;/p-1. The number of fused-ring (bicyclic) bond motifs is 2. The van der Waals surface area contributed by atoms with Gasteiger partial charge < -0.3 is 35.8 Å². The smallest absolute Gasteiger partial charge is 0.259 e. The van der Waals surface area contributed by atoms with Crippen LogP contribution in [0.4, 0.5) is 11.4 Å². The number of nitriles is 1. The predicted octanol–water partition coefficient (Wildman–Crippen LogP) is 10.4. The van der Waals surface area contributed by atoms with Gasteiger partial charge in [-0.05, 0) is 94.5 Å². The van der Waals surface area contributed by atoms with Crippen molar-refractivity contribution in [2.45, 2.75) is 103 Å². The van der Waals surface area contributed by atoms with Crippen molar-refractivity contribution in [2.75, 3.05) is 44.9 Å². The van der Waals surface area contributed by atoms with Crippen LogP contribution < -0.4 is 22.0 Å². The van der Waals surface area contributed by atoms with Crippen LogP contribution in [0.1, 0.15) is 102 Å². The molecule has 0 fully saturated rings. The van der Waals surface area contributed by atoms with E-state index >= 15 is 0 Å². The van der Waals surface area contributed by atoms with Crippen LogP contribution in [0.2, 0.25) is 0 Å². The van der Waals surface area contributed by atoms with E-state index in [0.29, 0.717) is 26.2 Å². The van der Waals surface area contributed by atoms with E-state index < -0.39 is 14.1 Å². The highest BCUT2D eigenvalue weighted by Crippen LogP contribution is 2.49. The quantitative estimate of drug-likeness (QED) is 0.0296. The lowest BCUT2D eigenvalue weighted by Crippen LogP contribution is -3.00. The summed E-state index contributed by atoms with van der Waals surface area (Å²) in [6.07, 6.45) is 8.90. The summed E-state index contributed by atoms with van der Waals surface area (Å²) >= 11 is 0. The van der Waals surface area contributed by atoms with Crippen molar-refractivity contribution in [3.63, 3.8) is 0 Å². The monoisotopic (exact) mass is 952 g/mol. The Kier molecular flexibility index (Phi) is 18.0. The van der Waals surface area contributed by atoms with E-state index in [1.54, 1.807) is 7.11 Å². The molecular formula is C58H70ClN4O4P. The van der Waals surface area contributed by atoms with Crippen molar-refractivity contribution in [1.29, 1.82) is 5.26 Å². The van der Waals surface area contributed by atoms with E-state index in [1.807, 2.05) is 12.1 Å². The molecule has 0 radical (unpaired) electrons. The summed E-state index contributed by atoms with van der Waals surface area (Å²) in [6, 6.07) is 49.8. The molecule has 0 saturated carbocycles. The molecule has 0 spiro atoms. The number of nitrogens with zero attached hydrogens (tertiary/aromatic N) is 4. The van der Waals surface area contributed by atoms with Gasteiger partial charge in [0.05, 0.1) is 44.8 Å². The summed E-state index contributed by atoms with van der Waals surface area (Å²) in [6.45, 7) is 21.1. The lowest BCUT2D eigenvalue weighted by molar-refractivity contribution is -0.438. The molecule has 0 N–H and O–H groups in total. The maximum atomic E-state index is 9.20. The van der Waals surface area contributed by atoms with Gasteiger partial charge in [-0.2, -0.15) is 9.84 Å². The molecule has 2 aliphatic heterocycles. The van der Waals surface area contributed by atoms with Gasteiger partial charge in [0.1, 0.15) is 11.4 Å². The largest absolute Gasteiger partial charge is 1.00 e. The number of hydrogen-bond donors (Lipinski definition) is 0. The van der Waals surface area contributed by atoms with Gasteiger partial charge in [-0.3, -0.25) is 0 Å². The van der Waals surface area contributed by atoms with Crippen LogP contribution in [0.3, 0.4) is 0 Å². The van der Waals surface area contributed by atoms with Crippen molar-refractivity contribution in [3.05, 3.63) is 185 Å². The minimum absolute atomic E-state index is 0. The first-order chi connectivity index (χ1) is 32.4. The molecule has 2 aliphatic rings. The summed E-state index contributed by atoms with van der Waals surface area (Å²) in [4.78, 5) is 2.51. The summed E-state index contributed by atoms with van der Waals surface area (Å²) in [5.74, 6) is 0.810. The fourth-order valence-electron chi connectivity index (χ4n) is 10.0. The lowest BCUT2D eigenvalue weighted by atomic mass is 9.80. The van der Waals surface area contributed by atoms with Gasteiger partial charge in [-0.15, -0.1) is 0 Å². The SMILES string of the molecule is COc1ccc(C(OCCCN2/C(=C/C=C/C3=[N+](CCCOP(OCCC#N)N(C(C)C)C(C)C)c4ccccc4C3(C)C)C(C)(C)c3ccccc32)(c2ccccc2)c2ccccc2)cc1.[Cl-]. The van der Waals surface area contributed by atoms with Crippen molar-refractivity contribution in [3.8, 4) is 11.8 Å². The highest BCUT2D eigenvalue weighted by Gasteiger charge is 2.45. The Morgan fingerprint density at radius 1 is 0.706 bits per heavy atom. The minimum Gasteiger partial charge on any atom is -1.00 e. The molecule has 0 saturated heterocycles. The van der Waals surface area contributed by atoms with Crippen molar-refractivity contribution in [2.24, 2.45) is 0 Å². The number of methoxy groups -OCH3 is 1. The molecule has 5 aromatic carbocycles. The van der Waals surface area contributed by atoms with Gasteiger partial charge in [0.25, 0.3) is 8.53 Å². The van der Waals surface area contributed by atoms with Gasteiger partial charge in [0.2, 0.25) is 5.69 Å². The summed E-state index contributed by atoms with van der Waals surface area (Å²) in [5.41, 5.74) is 9.62. The van der Waals surface area contributed by atoms with Crippen LogP contribution >= 0.6 is 8.53 Å². The van der Waals surface area contributed by atoms with Crippen LogP contribution in [0.15, 0.2) is 157 Å². The van der Waals surface area contributed by atoms with Crippen molar-refractivity contribution >= 4 is 25.6 Å². The van der Waals surface area contributed by atoms with Crippen molar-refractivity contribution < 1.29 is 35.5 Å². The number of halogens is 1. The third-order valence-corrected chi connectivity index (χ3v) is 15.3. The molecule has 2 heterocycles. The number of rotatable bonds is 22. The third-order valence-electron chi connectivity index (χ3n) is 13.2. The normalized spacial score (nSPS) is 16.1. The first kappa shape index (κ1) is 52.3. The minimum atomic E-state index is -1.30. The first-order valence-corrected chi connectivity index (χ1v) is 25.1. The number of ether oxygens (including phenoxy) is 2. The maximum absolute atomic E-state index is 9.20. The Morgan fingerprint density at radius 2 is 1.28 bits per heavy atom. The second kappa shape index (κ2) is 23.5. The van der Waals surface area contributed by atoms with Crippen LogP contribution in [0.5, 0.6) is 5.75 Å². The zero-order chi connectivity index (χ0) is 47.6. The zero-order valence-electron chi connectivity index (χ0n) is 41.5. The maximum Gasteiger partial charge on any atom is 0.259 e. The molecule has 68 heavy (non-hydrogen) atoms. The molecule has 1 unspecified atom stereocenters. The van der Waals surface area contributed by atoms with E-state index in [2.05, 4.69) is 215 Å². The molecule has 5 aromatic rings. The summed E-state index contributed by atoms with van der Waals surface area (Å²) in [7, 11) is 0.405. The number of anilines is 1. The zero-order valence-corrected chi connectivity index (χ0v) is 43.1. The molecular weight excluding hydrogens is 883 g/mol. The molecule has 0 bridgehead atoms. The molecule has 8 nitrogen and oxygen atoms in total. The van der Waals surface area contributed by atoms with E-state index in [4.69, 9.17) is 18.5 Å². The average Bonchev–Trinajstić information content (AvgIpc) is 3.68. The van der Waals surface area contributed by atoms with Crippen LogP contribution in [0.25, 0.3) is 0 Å². The molecule has 0 aromatic heterocycles. The van der Waals surface area contributed by atoms with Crippen LogP contribution in [-0.4, -0.2) is 67.1 Å². The van der Waals surface area contributed by atoms with E-state index in [0.717, 1.165) is 48.4 Å². The van der Waals surface area contributed by atoms with Crippen LogP contribution in [-0.2, 0) is 30.2 Å². The Balaban J connectivity index is 0.00000761. The molecule has 7 rings (SSSR count). The summed E-state index contributed by atoms with van der Waals surface area (Å²) in [5, 5.41) is 9.20. The first-order valence-electron chi connectivity index (χ1n) is 24.0. The van der Waals surface area contributed by atoms with Gasteiger partial charge >= 0.3 is 0 Å². The fourth-order valence-corrected chi connectivity index (χ4v) is 11.7. The molecule has 0 amide bonds. The third kappa shape index (κ3) is 11.0. The Bertz CT molecular complexity index is 2500. The Labute approximate surface area is 414 Å². The van der Waals surface area contributed by atoms with Crippen molar-refractivity contribution in [1.82, 2.24) is 4.67 Å².